The predicted molar refractivity (Wildman–Crippen MR) is 81.3 cm³/mol. The molecule has 2 aromatic rings. The highest BCUT2D eigenvalue weighted by atomic mass is 16.5. The first-order valence-electron chi connectivity index (χ1n) is 7.04. The molecule has 0 aliphatic heterocycles. The van der Waals surface area contributed by atoms with E-state index in [4.69, 9.17) is 15.2 Å². The van der Waals surface area contributed by atoms with Crippen molar-refractivity contribution in [3.05, 3.63) is 47.9 Å². The fourth-order valence-corrected chi connectivity index (χ4v) is 1.84. The first-order chi connectivity index (χ1) is 10.2. The van der Waals surface area contributed by atoms with Crippen LogP contribution in [0.1, 0.15) is 24.7 Å². The van der Waals surface area contributed by atoms with Gasteiger partial charge in [0.05, 0.1) is 19.0 Å². The molecule has 2 N–H and O–H groups in total. The number of hydrogen-bond acceptors (Lipinski definition) is 5. The third kappa shape index (κ3) is 4.72. The fraction of sp³-hybridized carbons (Fsp3) is 0.375. The summed E-state index contributed by atoms with van der Waals surface area (Å²) in [6, 6.07) is 9.60. The molecule has 1 atom stereocenters. The van der Waals surface area contributed by atoms with Gasteiger partial charge in [0.1, 0.15) is 12.4 Å². The van der Waals surface area contributed by atoms with Crippen LogP contribution in [0.25, 0.3) is 0 Å². The van der Waals surface area contributed by atoms with Gasteiger partial charge in [-0.2, -0.15) is 0 Å². The lowest BCUT2D eigenvalue weighted by atomic mass is 10.1. The highest BCUT2D eigenvalue weighted by Crippen LogP contribution is 2.13. The van der Waals surface area contributed by atoms with Gasteiger partial charge in [-0.3, -0.25) is 4.98 Å². The van der Waals surface area contributed by atoms with Gasteiger partial charge >= 0.3 is 0 Å². The Morgan fingerprint density at radius 3 is 2.71 bits per heavy atom. The second-order valence-corrected chi connectivity index (χ2v) is 4.82. The van der Waals surface area contributed by atoms with Gasteiger partial charge < -0.3 is 15.2 Å². The van der Waals surface area contributed by atoms with Crippen LogP contribution in [0, 0.1) is 0 Å². The van der Waals surface area contributed by atoms with E-state index in [-0.39, 0.29) is 6.04 Å². The van der Waals surface area contributed by atoms with Crippen molar-refractivity contribution in [3.63, 3.8) is 0 Å². The summed E-state index contributed by atoms with van der Waals surface area (Å²) >= 11 is 0. The Kier molecular flexibility index (Phi) is 5.51. The molecule has 112 valence electrons. The number of aromatic nitrogens is 2. The van der Waals surface area contributed by atoms with Gasteiger partial charge in [-0.15, -0.1) is 0 Å². The molecule has 2 aromatic heterocycles. The topological polar surface area (TPSA) is 70.3 Å². The van der Waals surface area contributed by atoms with E-state index in [1.54, 1.807) is 19.4 Å². The molecule has 0 spiro atoms. The van der Waals surface area contributed by atoms with Crippen LogP contribution in [-0.4, -0.2) is 23.1 Å². The van der Waals surface area contributed by atoms with E-state index in [0.29, 0.717) is 18.2 Å². The molecule has 0 amide bonds. The van der Waals surface area contributed by atoms with Crippen molar-refractivity contribution in [2.24, 2.45) is 5.73 Å². The molecular weight excluding hydrogens is 266 g/mol. The summed E-state index contributed by atoms with van der Waals surface area (Å²) in [6.07, 6.45) is 3.45. The summed E-state index contributed by atoms with van der Waals surface area (Å²) in [5.41, 5.74) is 7.71. The Balaban J connectivity index is 1.91. The SMILES string of the molecule is CCC(N)Cc1ccc(OCc2cccc(OC)n2)cn1. The number of pyridine rings is 2. The summed E-state index contributed by atoms with van der Waals surface area (Å²) in [7, 11) is 1.59. The molecule has 1 unspecified atom stereocenters. The lowest BCUT2D eigenvalue weighted by molar-refractivity contribution is 0.296. The molecule has 5 heteroatoms. The third-order valence-electron chi connectivity index (χ3n) is 3.17. The van der Waals surface area contributed by atoms with E-state index in [1.165, 1.54) is 0 Å². The molecule has 0 saturated heterocycles. The number of rotatable bonds is 7. The largest absolute Gasteiger partial charge is 0.486 e. The number of methoxy groups -OCH3 is 1. The normalized spacial score (nSPS) is 12.0. The van der Waals surface area contributed by atoms with Crippen LogP contribution in [0.2, 0.25) is 0 Å². The second kappa shape index (κ2) is 7.59. The molecule has 0 radical (unpaired) electrons. The van der Waals surface area contributed by atoms with Crippen LogP contribution in [0.15, 0.2) is 36.5 Å². The van der Waals surface area contributed by atoms with Gasteiger partial charge in [-0.25, -0.2) is 4.98 Å². The van der Waals surface area contributed by atoms with Gasteiger partial charge in [-0.05, 0) is 24.6 Å². The second-order valence-electron chi connectivity index (χ2n) is 4.82. The summed E-state index contributed by atoms with van der Waals surface area (Å²) in [6.45, 7) is 2.45. The van der Waals surface area contributed by atoms with Gasteiger partial charge in [0.15, 0.2) is 0 Å². The average molecular weight is 287 g/mol. The van der Waals surface area contributed by atoms with E-state index >= 15 is 0 Å². The van der Waals surface area contributed by atoms with Crippen LogP contribution in [0.5, 0.6) is 11.6 Å². The minimum absolute atomic E-state index is 0.158. The maximum Gasteiger partial charge on any atom is 0.213 e. The molecular formula is C16H21N3O2. The summed E-state index contributed by atoms with van der Waals surface area (Å²) in [5, 5.41) is 0. The van der Waals surface area contributed by atoms with E-state index in [9.17, 15) is 0 Å². The van der Waals surface area contributed by atoms with E-state index in [0.717, 1.165) is 24.2 Å². The zero-order chi connectivity index (χ0) is 15.1. The first-order valence-corrected chi connectivity index (χ1v) is 7.04. The molecule has 0 bridgehead atoms. The van der Waals surface area contributed by atoms with Gasteiger partial charge in [-0.1, -0.05) is 13.0 Å². The molecule has 0 aromatic carbocycles. The maximum atomic E-state index is 5.91. The van der Waals surface area contributed by atoms with Crippen molar-refractivity contribution < 1.29 is 9.47 Å². The standard InChI is InChI=1S/C16H21N3O2/c1-3-12(17)9-13-7-8-15(10-18-13)21-11-14-5-4-6-16(19-14)20-2/h4-8,10,12H,3,9,11,17H2,1-2H3. The number of ether oxygens (including phenoxy) is 2. The Bertz CT molecular complexity index is 558. The van der Waals surface area contributed by atoms with E-state index < -0.39 is 0 Å². The first kappa shape index (κ1) is 15.3. The van der Waals surface area contributed by atoms with Crippen molar-refractivity contribution in [1.82, 2.24) is 9.97 Å². The van der Waals surface area contributed by atoms with E-state index in [1.807, 2.05) is 24.3 Å². The smallest absolute Gasteiger partial charge is 0.213 e. The van der Waals surface area contributed by atoms with Crippen molar-refractivity contribution in [2.75, 3.05) is 7.11 Å². The molecule has 21 heavy (non-hydrogen) atoms. The zero-order valence-corrected chi connectivity index (χ0v) is 12.5. The molecule has 0 fully saturated rings. The Morgan fingerprint density at radius 1 is 1.19 bits per heavy atom. The van der Waals surface area contributed by atoms with Crippen molar-refractivity contribution in [3.8, 4) is 11.6 Å². The third-order valence-corrected chi connectivity index (χ3v) is 3.17. The summed E-state index contributed by atoms with van der Waals surface area (Å²) in [4.78, 5) is 8.65. The quantitative estimate of drug-likeness (QED) is 0.846. The summed E-state index contributed by atoms with van der Waals surface area (Å²) in [5.74, 6) is 1.30. The minimum Gasteiger partial charge on any atom is -0.486 e. The minimum atomic E-state index is 0.158. The molecule has 2 rings (SSSR count). The van der Waals surface area contributed by atoms with Crippen LogP contribution in [-0.2, 0) is 13.0 Å². The van der Waals surface area contributed by atoms with Crippen LogP contribution < -0.4 is 15.2 Å². The van der Waals surface area contributed by atoms with E-state index in [2.05, 4.69) is 16.9 Å². The lowest BCUT2D eigenvalue weighted by Gasteiger charge is -2.09. The van der Waals surface area contributed by atoms with Crippen molar-refractivity contribution in [1.29, 1.82) is 0 Å². The van der Waals surface area contributed by atoms with Crippen molar-refractivity contribution >= 4 is 0 Å². The zero-order valence-electron chi connectivity index (χ0n) is 12.5. The van der Waals surface area contributed by atoms with Crippen LogP contribution in [0.4, 0.5) is 0 Å². The Labute approximate surface area is 125 Å². The molecule has 0 aliphatic rings. The summed E-state index contributed by atoms with van der Waals surface area (Å²) < 4.78 is 10.7. The number of nitrogens with two attached hydrogens (primary N) is 1. The predicted octanol–water partition coefficient (Wildman–Crippen LogP) is 2.34. The maximum absolute atomic E-state index is 5.91. The highest BCUT2D eigenvalue weighted by molar-refractivity contribution is 5.21. The number of nitrogens with zero attached hydrogens (tertiary/aromatic N) is 2. The fourth-order valence-electron chi connectivity index (χ4n) is 1.84. The molecule has 0 saturated carbocycles. The number of hydrogen-bond donors (Lipinski definition) is 1. The molecule has 2 heterocycles. The Morgan fingerprint density at radius 2 is 2.05 bits per heavy atom. The molecule has 0 aliphatic carbocycles. The average Bonchev–Trinajstić information content (AvgIpc) is 2.54. The van der Waals surface area contributed by atoms with Crippen molar-refractivity contribution in [2.45, 2.75) is 32.4 Å². The molecule has 5 nitrogen and oxygen atoms in total. The van der Waals surface area contributed by atoms with Gasteiger partial charge in [0.2, 0.25) is 5.88 Å². The highest BCUT2D eigenvalue weighted by Gasteiger charge is 2.04. The monoisotopic (exact) mass is 287 g/mol. The van der Waals surface area contributed by atoms with Crippen LogP contribution in [0.3, 0.4) is 0 Å². The van der Waals surface area contributed by atoms with Gasteiger partial charge in [0.25, 0.3) is 0 Å². The van der Waals surface area contributed by atoms with Gasteiger partial charge in [0, 0.05) is 24.2 Å². The lowest BCUT2D eigenvalue weighted by Crippen LogP contribution is -2.21. The Hall–Kier alpha value is -2.14. The van der Waals surface area contributed by atoms with Crippen LogP contribution >= 0.6 is 0 Å².